The monoisotopic (exact) mass is 472 g/mol. The second-order valence-electron chi connectivity index (χ2n) is 13.8. The van der Waals surface area contributed by atoms with Crippen molar-refractivity contribution in [3.05, 3.63) is 11.6 Å². The van der Waals surface area contributed by atoms with Crippen LogP contribution in [0.3, 0.4) is 0 Å². The molecule has 4 aliphatic rings. The molecule has 0 heterocycles. The molecule has 4 aliphatic carbocycles. The topological polar surface area (TPSA) is 74.6 Å². The van der Waals surface area contributed by atoms with Gasteiger partial charge in [0.15, 0.2) is 0 Å². The molecule has 0 amide bonds. The molecule has 0 saturated heterocycles. The van der Waals surface area contributed by atoms with E-state index < -0.39 is 12.6 Å². The Hall–Kier alpha value is -1.16. The third-order valence-corrected chi connectivity index (χ3v) is 12.4. The molecule has 0 spiro atoms. The Bertz CT molecular complexity index is 858. The number of carbonyl (C=O) groups is 2. The number of carbonyl (C=O) groups excluding carboxylic acids is 1. The third kappa shape index (κ3) is 3.64. The fourth-order valence-corrected chi connectivity index (χ4v) is 10.2. The maximum atomic E-state index is 12.8. The molecule has 0 aromatic heterocycles. The van der Waals surface area contributed by atoms with E-state index in [1.54, 1.807) is 6.08 Å². The van der Waals surface area contributed by atoms with Crippen molar-refractivity contribution in [2.24, 2.45) is 51.2 Å². The first-order chi connectivity index (χ1) is 15.8. The summed E-state index contributed by atoms with van der Waals surface area (Å²) in [6.07, 6.45) is 12.9. The average Bonchev–Trinajstić information content (AvgIpc) is 3.05. The normalized spacial score (nSPS) is 44.7. The van der Waals surface area contributed by atoms with Gasteiger partial charge in [0.1, 0.15) is 5.78 Å². The van der Waals surface area contributed by atoms with Crippen LogP contribution in [0.4, 0.5) is 0 Å². The summed E-state index contributed by atoms with van der Waals surface area (Å²) in [6, 6.07) is 0. The van der Waals surface area contributed by atoms with E-state index in [0.717, 1.165) is 37.5 Å². The maximum Gasteiger partial charge on any atom is 0.333 e. The SMILES string of the molecule is C[C@H](CC/C=C(\CO)C(=O)O)[C@@H]1CC[C@]2(C)[C@H]3CC[C@H]4C(C)(C)C(=O)CC[C@]4(C)[C@@H]3CC[C@@]12C. The van der Waals surface area contributed by atoms with E-state index in [-0.39, 0.29) is 16.4 Å². The summed E-state index contributed by atoms with van der Waals surface area (Å²) in [4.78, 5) is 24.0. The number of aliphatic hydroxyl groups is 1. The lowest BCUT2D eigenvalue weighted by Crippen LogP contribution is -2.61. The van der Waals surface area contributed by atoms with Crippen LogP contribution in [0.25, 0.3) is 0 Å². The summed E-state index contributed by atoms with van der Waals surface area (Å²) in [7, 11) is 0. The lowest BCUT2D eigenvalue weighted by molar-refractivity contribution is -0.183. The van der Waals surface area contributed by atoms with Crippen LogP contribution in [-0.2, 0) is 9.59 Å². The van der Waals surface area contributed by atoms with Gasteiger partial charge in [-0.25, -0.2) is 4.79 Å². The number of carboxylic acids is 1. The Labute approximate surface area is 207 Å². The highest BCUT2D eigenvalue weighted by molar-refractivity contribution is 5.86. The van der Waals surface area contributed by atoms with Crippen molar-refractivity contribution in [1.82, 2.24) is 0 Å². The predicted molar refractivity (Wildman–Crippen MR) is 135 cm³/mol. The lowest BCUT2D eigenvalue weighted by atomic mass is 9.38. The van der Waals surface area contributed by atoms with Gasteiger partial charge < -0.3 is 10.2 Å². The second-order valence-corrected chi connectivity index (χ2v) is 13.8. The van der Waals surface area contributed by atoms with E-state index in [0.29, 0.717) is 34.4 Å². The van der Waals surface area contributed by atoms with Gasteiger partial charge in [-0.2, -0.15) is 0 Å². The molecule has 0 unspecified atom stereocenters. The molecule has 2 N–H and O–H groups in total. The number of allylic oxidation sites excluding steroid dienone is 1. The van der Waals surface area contributed by atoms with Crippen LogP contribution >= 0.6 is 0 Å². The van der Waals surface area contributed by atoms with Crippen molar-refractivity contribution in [3.8, 4) is 0 Å². The maximum absolute atomic E-state index is 12.8. The van der Waals surface area contributed by atoms with Gasteiger partial charge in [0.2, 0.25) is 0 Å². The highest BCUT2D eigenvalue weighted by atomic mass is 16.4. The number of fused-ring (bicyclic) bond motifs is 5. The van der Waals surface area contributed by atoms with Crippen molar-refractivity contribution in [2.45, 2.75) is 106 Å². The van der Waals surface area contributed by atoms with Crippen molar-refractivity contribution < 1.29 is 19.8 Å². The number of hydrogen-bond donors (Lipinski definition) is 2. The molecule has 4 fully saturated rings. The number of Topliss-reactive ketones (excluding diaryl/α,β-unsaturated/α-hetero) is 1. The van der Waals surface area contributed by atoms with Gasteiger partial charge >= 0.3 is 5.97 Å². The van der Waals surface area contributed by atoms with Crippen LogP contribution in [0.1, 0.15) is 106 Å². The minimum absolute atomic E-state index is 0.120. The fraction of sp³-hybridized carbons (Fsp3) is 0.867. The van der Waals surface area contributed by atoms with Gasteiger partial charge in [-0.15, -0.1) is 0 Å². The Morgan fingerprint density at radius 3 is 2.32 bits per heavy atom. The molecule has 0 bridgehead atoms. The standard InChI is InChI=1S/C30H48O4/c1-19(8-7-9-20(18-31)26(33)34)21-12-16-30(6)23-10-11-24-27(2,3)25(32)14-15-28(24,4)22(23)13-17-29(21,30)5/h9,19,21-24,31H,7-8,10-18H2,1-6H3,(H,33,34)/b20-9+/t19-,21+,22-,23+,24+,28-,29+,30-/m1/s1. The molecule has 4 heteroatoms. The van der Waals surface area contributed by atoms with Crippen LogP contribution in [0.5, 0.6) is 0 Å². The zero-order valence-electron chi connectivity index (χ0n) is 22.5. The molecule has 0 aromatic carbocycles. The number of ketones is 1. The molecular weight excluding hydrogens is 424 g/mol. The highest BCUT2D eigenvalue weighted by Gasteiger charge is 2.67. The first-order valence-electron chi connectivity index (χ1n) is 13.9. The minimum Gasteiger partial charge on any atom is -0.478 e. The molecule has 0 aromatic rings. The summed E-state index contributed by atoms with van der Waals surface area (Å²) in [5.41, 5.74) is 0.906. The zero-order chi connectivity index (χ0) is 25.1. The minimum atomic E-state index is -1.01. The number of carboxylic acid groups (broad SMARTS) is 1. The molecule has 4 saturated carbocycles. The van der Waals surface area contributed by atoms with E-state index >= 15 is 0 Å². The number of aliphatic carboxylic acids is 1. The summed E-state index contributed by atoms with van der Waals surface area (Å²) in [5.74, 6) is 2.70. The van der Waals surface area contributed by atoms with Crippen molar-refractivity contribution in [3.63, 3.8) is 0 Å². The van der Waals surface area contributed by atoms with Gasteiger partial charge in [0, 0.05) is 11.8 Å². The summed E-state index contributed by atoms with van der Waals surface area (Å²) < 4.78 is 0. The fourth-order valence-electron chi connectivity index (χ4n) is 10.2. The van der Waals surface area contributed by atoms with Crippen LogP contribution in [0.2, 0.25) is 0 Å². The van der Waals surface area contributed by atoms with Crippen LogP contribution in [0.15, 0.2) is 11.6 Å². The van der Waals surface area contributed by atoms with Gasteiger partial charge in [-0.05, 0) is 104 Å². The van der Waals surface area contributed by atoms with E-state index in [2.05, 4.69) is 41.5 Å². The number of rotatable bonds is 6. The van der Waals surface area contributed by atoms with Gasteiger partial charge in [-0.3, -0.25) is 4.79 Å². The van der Waals surface area contributed by atoms with Crippen molar-refractivity contribution in [2.75, 3.05) is 6.61 Å². The van der Waals surface area contributed by atoms with Crippen LogP contribution in [-0.4, -0.2) is 28.6 Å². The second kappa shape index (κ2) is 8.75. The van der Waals surface area contributed by atoms with E-state index in [4.69, 9.17) is 0 Å². The summed E-state index contributed by atoms with van der Waals surface area (Å²) in [5, 5.41) is 18.5. The lowest BCUT2D eigenvalue weighted by Gasteiger charge is -2.66. The molecular formula is C30H48O4. The van der Waals surface area contributed by atoms with Crippen LogP contribution in [0, 0.1) is 51.2 Å². The molecule has 0 radical (unpaired) electrons. The Balaban J connectivity index is 1.53. The first-order valence-corrected chi connectivity index (χ1v) is 13.9. The smallest absolute Gasteiger partial charge is 0.333 e. The molecule has 4 nitrogen and oxygen atoms in total. The Morgan fingerprint density at radius 2 is 1.68 bits per heavy atom. The Morgan fingerprint density at radius 1 is 1.00 bits per heavy atom. The van der Waals surface area contributed by atoms with Crippen LogP contribution < -0.4 is 0 Å². The van der Waals surface area contributed by atoms with E-state index in [1.165, 1.54) is 38.5 Å². The number of aliphatic hydroxyl groups excluding tert-OH is 1. The average molecular weight is 473 g/mol. The molecule has 34 heavy (non-hydrogen) atoms. The van der Waals surface area contributed by atoms with Gasteiger partial charge in [0.25, 0.3) is 0 Å². The highest BCUT2D eigenvalue weighted by Crippen LogP contribution is 2.74. The van der Waals surface area contributed by atoms with Gasteiger partial charge in [0.05, 0.1) is 12.2 Å². The van der Waals surface area contributed by atoms with E-state index in [9.17, 15) is 19.8 Å². The Kier molecular flexibility index (Phi) is 6.67. The quantitative estimate of drug-likeness (QED) is 0.424. The third-order valence-electron chi connectivity index (χ3n) is 12.4. The molecule has 8 atom stereocenters. The predicted octanol–water partition coefficient (Wildman–Crippen LogP) is 6.66. The molecule has 0 aliphatic heterocycles. The summed E-state index contributed by atoms with van der Waals surface area (Å²) >= 11 is 0. The first kappa shape index (κ1) is 25.9. The summed E-state index contributed by atoms with van der Waals surface area (Å²) in [6.45, 7) is 14.1. The van der Waals surface area contributed by atoms with Gasteiger partial charge in [-0.1, -0.05) is 47.6 Å². The van der Waals surface area contributed by atoms with Crippen molar-refractivity contribution in [1.29, 1.82) is 0 Å². The largest absolute Gasteiger partial charge is 0.478 e. The number of hydrogen-bond acceptors (Lipinski definition) is 3. The van der Waals surface area contributed by atoms with Crippen molar-refractivity contribution >= 4 is 11.8 Å². The zero-order valence-corrected chi connectivity index (χ0v) is 22.5. The molecule has 192 valence electrons. The molecule has 4 rings (SSSR count). The van der Waals surface area contributed by atoms with E-state index in [1.807, 2.05) is 0 Å².